The lowest BCUT2D eigenvalue weighted by Gasteiger charge is -2.14. The fraction of sp³-hybridized carbons (Fsp3) is 0.400. The summed E-state index contributed by atoms with van der Waals surface area (Å²) < 4.78 is 30.4. The Morgan fingerprint density at radius 3 is 2.84 bits per heavy atom. The molecule has 1 aliphatic heterocycles. The number of rotatable bonds is 8. The molecule has 1 atom stereocenters. The van der Waals surface area contributed by atoms with Gasteiger partial charge < -0.3 is 19.5 Å². The van der Waals surface area contributed by atoms with E-state index in [1.54, 1.807) is 25.3 Å². The molecule has 4 nitrogen and oxygen atoms in total. The molecule has 5 heteroatoms. The summed E-state index contributed by atoms with van der Waals surface area (Å²) in [6.45, 7) is 2.63. The number of nitrogens with one attached hydrogen (secondary N) is 1. The van der Waals surface area contributed by atoms with Crippen LogP contribution >= 0.6 is 0 Å². The lowest BCUT2D eigenvalue weighted by molar-refractivity contribution is 0.110. The van der Waals surface area contributed by atoms with Gasteiger partial charge in [0.2, 0.25) is 0 Å². The summed E-state index contributed by atoms with van der Waals surface area (Å²) in [5.41, 5.74) is 1.62. The molecule has 134 valence electrons. The van der Waals surface area contributed by atoms with Gasteiger partial charge in [0.1, 0.15) is 12.4 Å². The standard InChI is InChI=1S/C20H24FNO3/c1-23-20-11-15(12-22-13-17-6-4-10-24-17)8-9-19(20)25-14-16-5-2-3-7-18(16)21/h2-3,5,7-9,11,17,22H,4,6,10,12-14H2,1H3/t17-/m0/s1. The van der Waals surface area contributed by atoms with Crippen molar-refractivity contribution in [2.24, 2.45) is 0 Å². The smallest absolute Gasteiger partial charge is 0.161 e. The van der Waals surface area contributed by atoms with E-state index in [4.69, 9.17) is 14.2 Å². The van der Waals surface area contributed by atoms with E-state index in [0.29, 0.717) is 23.2 Å². The third kappa shape index (κ3) is 4.94. The first-order valence-electron chi connectivity index (χ1n) is 8.61. The number of hydrogen-bond acceptors (Lipinski definition) is 4. The van der Waals surface area contributed by atoms with Crippen molar-refractivity contribution >= 4 is 0 Å². The Kier molecular flexibility index (Phi) is 6.25. The van der Waals surface area contributed by atoms with Gasteiger partial charge in [0.25, 0.3) is 0 Å². The predicted octanol–water partition coefficient (Wildman–Crippen LogP) is 3.68. The van der Waals surface area contributed by atoms with E-state index >= 15 is 0 Å². The van der Waals surface area contributed by atoms with Crippen LogP contribution in [0.5, 0.6) is 11.5 Å². The van der Waals surface area contributed by atoms with Gasteiger partial charge in [-0.2, -0.15) is 0 Å². The minimum absolute atomic E-state index is 0.166. The van der Waals surface area contributed by atoms with Crippen LogP contribution in [-0.4, -0.2) is 26.4 Å². The van der Waals surface area contributed by atoms with E-state index in [-0.39, 0.29) is 12.4 Å². The molecular weight excluding hydrogens is 321 g/mol. The molecule has 1 heterocycles. The summed E-state index contributed by atoms with van der Waals surface area (Å²) in [6, 6.07) is 12.4. The van der Waals surface area contributed by atoms with Crippen LogP contribution in [-0.2, 0) is 17.9 Å². The van der Waals surface area contributed by atoms with Crippen molar-refractivity contribution in [1.82, 2.24) is 5.32 Å². The van der Waals surface area contributed by atoms with E-state index in [1.165, 1.54) is 6.07 Å². The second kappa shape index (κ2) is 8.83. The highest BCUT2D eigenvalue weighted by Crippen LogP contribution is 2.29. The summed E-state index contributed by atoms with van der Waals surface area (Å²) in [7, 11) is 1.61. The maximum atomic E-state index is 13.7. The third-order valence-corrected chi connectivity index (χ3v) is 4.29. The maximum absolute atomic E-state index is 13.7. The summed E-state index contributed by atoms with van der Waals surface area (Å²) in [4.78, 5) is 0. The van der Waals surface area contributed by atoms with Gasteiger partial charge in [-0.1, -0.05) is 24.3 Å². The van der Waals surface area contributed by atoms with Gasteiger partial charge in [0, 0.05) is 25.3 Å². The third-order valence-electron chi connectivity index (χ3n) is 4.29. The van der Waals surface area contributed by atoms with Crippen molar-refractivity contribution in [3.63, 3.8) is 0 Å². The van der Waals surface area contributed by atoms with Crippen molar-refractivity contribution in [2.75, 3.05) is 20.3 Å². The van der Waals surface area contributed by atoms with E-state index < -0.39 is 0 Å². The van der Waals surface area contributed by atoms with Gasteiger partial charge in [-0.25, -0.2) is 4.39 Å². The summed E-state index contributed by atoms with van der Waals surface area (Å²) in [5, 5.41) is 3.41. The highest BCUT2D eigenvalue weighted by Gasteiger charge is 2.14. The predicted molar refractivity (Wildman–Crippen MR) is 94.4 cm³/mol. The van der Waals surface area contributed by atoms with Crippen LogP contribution in [0.25, 0.3) is 0 Å². The molecule has 0 aliphatic carbocycles. The van der Waals surface area contributed by atoms with Crippen LogP contribution in [0.4, 0.5) is 4.39 Å². The van der Waals surface area contributed by atoms with Gasteiger partial charge in [-0.05, 0) is 36.6 Å². The molecule has 1 fully saturated rings. The fourth-order valence-corrected chi connectivity index (χ4v) is 2.89. The Morgan fingerprint density at radius 1 is 1.20 bits per heavy atom. The molecule has 2 aromatic rings. The molecule has 1 saturated heterocycles. The molecule has 3 rings (SSSR count). The largest absolute Gasteiger partial charge is 0.493 e. The molecule has 0 radical (unpaired) electrons. The SMILES string of the molecule is COc1cc(CNC[C@@H]2CCCO2)ccc1OCc1ccccc1F. The number of methoxy groups -OCH3 is 1. The molecule has 25 heavy (non-hydrogen) atoms. The molecule has 0 unspecified atom stereocenters. The Labute approximate surface area is 147 Å². The van der Waals surface area contributed by atoms with Gasteiger partial charge >= 0.3 is 0 Å². The minimum Gasteiger partial charge on any atom is -0.493 e. The average Bonchev–Trinajstić information content (AvgIpc) is 3.15. The highest BCUT2D eigenvalue weighted by molar-refractivity contribution is 5.43. The molecule has 0 amide bonds. The maximum Gasteiger partial charge on any atom is 0.161 e. The van der Waals surface area contributed by atoms with Crippen molar-refractivity contribution < 1.29 is 18.6 Å². The van der Waals surface area contributed by atoms with E-state index in [0.717, 1.165) is 38.1 Å². The molecular formula is C20H24FNO3. The van der Waals surface area contributed by atoms with E-state index in [1.807, 2.05) is 18.2 Å². The van der Waals surface area contributed by atoms with Crippen molar-refractivity contribution in [1.29, 1.82) is 0 Å². The summed E-state index contributed by atoms with van der Waals surface area (Å²) in [5.74, 6) is 0.984. The molecule has 0 spiro atoms. The summed E-state index contributed by atoms with van der Waals surface area (Å²) in [6.07, 6.45) is 2.60. The quantitative estimate of drug-likeness (QED) is 0.792. The van der Waals surface area contributed by atoms with Gasteiger partial charge in [-0.3, -0.25) is 0 Å². The lowest BCUT2D eigenvalue weighted by atomic mass is 10.2. The number of halogens is 1. The van der Waals surface area contributed by atoms with Crippen LogP contribution in [0.3, 0.4) is 0 Å². The number of hydrogen-bond donors (Lipinski definition) is 1. The van der Waals surface area contributed by atoms with Gasteiger partial charge in [-0.15, -0.1) is 0 Å². The van der Waals surface area contributed by atoms with Crippen molar-refractivity contribution in [3.8, 4) is 11.5 Å². The van der Waals surface area contributed by atoms with Crippen LogP contribution < -0.4 is 14.8 Å². The van der Waals surface area contributed by atoms with Crippen LogP contribution in [0.15, 0.2) is 42.5 Å². The average molecular weight is 345 g/mol. The van der Waals surface area contributed by atoms with Crippen LogP contribution in [0.1, 0.15) is 24.0 Å². The normalized spacial score (nSPS) is 16.8. The van der Waals surface area contributed by atoms with E-state index in [9.17, 15) is 4.39 Å². The minimum atomic E-state index is -0.267. The zero-order valence-corrected chi connectivity index (χ0v) is 14.5. The fourth-order valence-electron chi connectivity index (χ4n) is 2.89. The zero-order chi connectivity index (χ0) is 17.5. The monoisotopic (exact) mass is 345 g/mol. The second-order valence-corrected chi connectivity index (χ2v) is 6.13. The van der Waals surface area contributed by atoms with Crippen molar-refractivity contribution in [3.05, 3.63) is 59.4 Å². The summed E-state index contributed by atoms with van der Waals surface area (Å²) >= 11 is 0. The number of benzene rings is 2. The van der Waals surface area contributed by atoms with Gasteiger partial charge in [0.15, 0.2) is 11.5 Å². The Hall–Kier alpha value is -2.11. The lowest BCUT2D eigenvalue weighted by Crippen LogP contribution is -2.25. The highest BCUT2D eigenvalue weighted by atomic mass is 19.1. The van der Waals surface area contributed by atoms with Crippen LogP contribution in [0.2, 0.25) is 0 Å². The number of ether oxygens (including phenoxy) is 3. The molecule has 0 aromatic heterocycles. The van der Waals surface area contributed by atoms with Crippen molar-refractivity contribution in [2.45, 2.75) is 32.1 Å². The van der Waals surface area contributed by atoms with E-state index in [2.05, 4.69) is 5.32 Å². The molecule has 0 bridgehead atoms. The Balaban J connectivity index is 1.56. The molecule has 0 saturated carbocycles. The van der Waals surface area contributed by atoms with Crippen LogP contribution in [0, 0.1) is 5.82 Å². The Bertz CT molecular complexity index is 686. The second-order valence-electron chi connectivity index (χ2n) is 6.13. The topological polar surface area (TPSA) is 39.7 Å². The molecule has 1 aliphatic rings. The Morgan fingerprint density at radius 2 is 2.08 bits per heavy atom. The molecule has 2 aromatic carbocycles. The first kappa shape index (κ1) is 17.7. The first-order valence-corrected chi connectivity index (χ1v) is 8.61. The van der Waals surface area contributed by atoms with Gasteiger partial charge in [0.05, 0.1) is 13.2 Å². The first-order chi connectivity index (χ1) is 12.3. The molecule has 1 N–H and O–H groups in total. The zero-order valence-electron chi connectivity index (χ0n) is 14.5.